The molecule has 0 atom stereocenters. The van der Waals surface area contributed by atoms with Crippen molar-refractivity contribution in [2.45, 2.75) is 5.41 Å². The van der Waals surface area contributed by atoms with Crippen molar-refractivity contribution in [2.75, 3.05) is 0 Å². The summed E-state index contributed by atoms with van der Waals surface area (Å²) >= 11 is 1.81. The molecule has 7 aromatic carbocycles. The van der Waals surface area contributed by atoms with Crippen LogP contribution in [0.15, 0.2) is 170 Å². The van der Waals surface area contributed by atoms with Gasteiger partial charge in [0.15, 0.2) is 0 Å². The highest BCUT2D eigenvalue weighted by atomic mass is 32.1. The molecule has 10 aromatic rings. The van der Waals surface area contributed by atoms with Crippen LogP contribution in [0.2, 0.25) is 0 Å². The lowest BCUT2D eigenvalue weighted by Gasteiger charge is -2.31. The summed E-state index contributed by atoms with van der Waals surface area (Å²) in [6.45, 7) is 0. The quantitative estimate of drug-likeness (QED) is 0.180. The Morgan fingerprint density at radius 3 is 1.76 bits per heavy atom. The number of aromatic nitrogens is 2. The summed E-state index contributed by atoms with van der Waals surface area (Å²) in [5, 5.41) is 3.77. The lowest BCUT2D eigenvalue weighted by molar-refractivity contribution is 0.793. The Hall–Kier alpha value is -6.29. The zero-order valence-electron chi connectivity index (χ0n) is 27.5. The molecule has 3 aromatic heterocycles. The number of para-hydroxylation sites is 2. The van der Waals surface area contributed by atoms with E-state index in [2.05, 4.69) is 162 Å². The molecule has 3 heterocycles. The number of hydrogen-bond donors (Lipinski definition) is 0. The number of benzene rings is 7. The molecule has 0 N–H and O–H groups in total. The van der Waals surface area contributed by atoms with Crippen LogP contribution in [0.5, 0.6) is 0 Å². The molecule has 236 valence electrons. The highest BCUT2D eigenvalue weighted by molar-refractivity contribution is 7.25. The Morgan fingerprint density at radius 2 is 1.02 bits per heavy atom. The van der Waals surface area contributed by atoms with Gasteiger partial charge < -0.3 is 4.57 Å². The summed E-state index contributed by atoms with van der Waals surface area (Å²) in [7, 11) is 0. The van der Waals surface area contributed by atoms with E-state index in [-0.39, 0.29) is 0 Å². The van der Waals surface area contributed by atoms with Crippen LogP contribution in [-0.2, 0) is 5.41 Å². The van der Waals surface area contributed by atoms with Crippen molar-refractivity contribution in [1.29, 1.82) is 0 Å². The number of pyridine rings is 1. The van der Waals surface area contributed by atoms with Crippen molar-refractivity contribution in [3.8, 4) is 39.1 Å². The molecule has 0 unspecified atom stereocenters. The van der Waals surface area contributed by atoms with Crippen molar-refractivity contribution in [3.63, 3.8) is 0 Å². The van der Waals surface area contributed by atoms with Crippen molar-refractivity contribution in [2.24, 2.45) is 0 Å². The predicted octanol–water partition coefficient (Wildman–Crippen LogP) is 12.6. The lowest BCUT2D eigenvalue weighted by atomic mass is 9.70. The van der Waals surface area contributed by atoms with Crippen molar-refractivity contribution < 1.29 is 0 Å². The molecule has 2 aliphatic carbocycles. The van der Waals surface area contributed by atoms with Gasteiger partial charge in [-0.15, -0.1) is 11.3 Å². The van der Waals surface area contributed by atoms with Crippen LogP contribution in [0.1, 0.15) is 22.3 Å². The minimum atomic E-state index is -0.455. The molecular formula is C48H28N2S. The first kappa shape index (κ1) is 27.5. The second-order valence-electron chi connectivity index (χ2n) is 13.9. The van der Waals surface area contributed by atoms with Crippen LogP contribution in [0.4, 0.5) is 0 Å². The predicted molar refractivity (Wildman–Crippen MR) is 213 cm³/mol. The first-order valence-electron chi connectivity index (χ1n) is 17.5. The van der Waals surface area contributed by atoms with Crippen LogP contribution in [0.25, 0.3) is 81.2 Å². The molecule has 1 spiro atoms. The van der Waals surface area contributed by atoms with Gasteiger partial charge in [0, 0.05) is 32.7 Å². The normalized spacial score (nSPS) is 13.6. The van der Waals surface area contributed by atoms with Crippen LogP contribution >= 0.6 is 11.3 Å². The van der Waals surface area contributed by atoms with Gasteiger partial charge in [-0.05, 0) is 110 Å². The SMILES string of the molecule is c1ccc2c(c1)-c1ccccc1C21c2cc(-c3ccc4sc5cccnc5c4c3)ccc2-c2ccc(-n3c4ccccc4c4ccccc43)cc21. The number of hydrogen-bond acceptors (Lipinski definition) is 2. The second-order valence-corrected chi connectivity index (χ2v) is 14.9. The third-order valence-corrected chi connectivity index (χ3v) is 12.6. The molecule has 2 nitrogen and oxygen atoms in total. The Bertz CT molecular complexity index is 3010. The molecule has 0 amide bonds. The van der Waals surface area contributed by atoms with Gasteiger partial charge in [-0.2, -0.15) is 0 Å². The van der Waals surface area contributed by atoms with Crippen LogP contribution in [0, 0.1) is 0 Å². The van der Waals surface area contributed by atoms with Crippen molar-refractivity contribution in [1.82, 2.24) is 9.55 Å². The van der Waals surface area contributed by atoms with Crippen LogP contribution in [-0.4, -0.2) is 9.55 Å². The molecule has 0 bridgehead atoms. The molecule has 3 heteroatoms. The summed E-state index contributed by atoms with van der Waals surface area (Å²) in [5.41, 5.74) is 17.3. The van der Waals surface area contributed by atoms with Gasteiger partial charge in [-0.25, -0.2) is 0 Å². The fourth-order valence-electron chi connectivity index (χ4n) is 9.42. The molecule has 0 saturated carbocycles. The molecule has 0 aliphatic heterocycles. The maximum Gasteiger partial charge on any atom is 0.0888 e. The number of thiophene rings is 1. The molecule has 2 aliphatic rings. The standard InChI is InChI=1S/C48H28N2S/c1-5-14-39-32(10-1)33-11-2-6-15-40(33)48(39)41-27-30(29-20-24-45-38(26-29)47-46(51-45)18-9-25-49-47)19-22-34(41)35-23-21-31(28-42(35)48)50-43-16-7-3-12-36(43)37-13-4-8-17-44(37)50/h1-28H. The second kappa shape index (κ2) is 9.91. The summed E-state index contributed by atoms with van der Waals surface area (Å²) in [4.78, 5) is 4.77. The largest absolute Gasteiger partial charge is 0.309 e. The molecule has 0 radical (unpaired) electrons. The maximum absolute atomic E-state index is 4.77. The Labute approximate surface area is 298 Å². The smallest absolute Gasteiger partial charge is 0.0888 e. The zero-order chi connectivity index (χ0) is 33.3. The topological polar surface area (TPSA) is 17.8 Å². The first-order valence-corrected chi connectivity index (χ1v) is 18.4. The minimum absolute atomic E-state index is 0.455. The Kier molecular flexibility index (Phi) is 5.35. The minimum Gasteiger partial charge on any atom is -0.309 e. The fourth-order valence-corrected chi connectivity index (χ4v) is 10.5. The number of rotatable bonds is 2. The Balaban J connectivity index is 1.15. The summed E-state index contributed by atoms with van der Waals surface area (Å²) in [5.74, 6) is 0. The van der Waals surface area contributed by atoms with E-state index in [0.29, 0.717) is 0 Å². The van der Waals surface area contributed by atoms with E-state index in [4.69, 9.17) is 4.98 Å². The van der Waals surface area contributed by atoms with Crippen molar-refractivity contribution in [3.05, 3.63) is 192 Å². The maximum atomic E-state index is 4.77. The van der Waals surface area contributed by atoms with E-state index >= 15 is 0 Å². The van der Waals surface area contributed by atoms with Crippen LogP contribution in [0.3, 0.4) is 0 Å². The Morgan fingerprint density at radius 1 is 0.431 bits per heavy atom. The van der Waals surface area contributed by atoms with Gasteiger partial charge in [-0.3, -0.25) is 4.98 Å². The van der Waals surface area contributed by atoms with Gasteiger partial charge in [0.25, 0.3) is 0 Å². The third kappa shape index (κ3) is 3.49. The third-order valence-electron chi connectivity index (χ3n) is 11.5. The average Bonchev–Trinajstić information content (AvgIpc) is 3.91. The molecule has 0 fully saturated rings. The highest BCUT2D eigenvalue weighted by Crippen LogP contribution is 2.63. The highest BCUT2D eigenvalue weighted by Gasteiger charge is 2.51. The van der Waals surface area contributed by atoms with Gasteiger partial charge >= 0.3 is 0 Å². The molecular weight excluding hydrogens is 637 g/mol. The van der Waals surface area contributed by atoms with E-state index in [1.165, 1.54) is 97.9 Å². The number of nitrogens with zero attached hydrogens (tertiary/aromatic N) is 2. The zero-order valence-corrected chi connectivity index (χ0v) is 28.3. The molecule has 0 saturated heterocycles. The number of fused-ring (bicyclic) bond motifs is 16. The summed E-state index contributed by atoms with van der Waals surface area (Å²) in [6, 6.07) is 61.2. The van der Waals surface area contributed by atoms with E-state index in [1.807, 2.05) is 23.6 Å². The van der Waals surface area contributed by atoms with Crippen LogP contribution < -0.4 is 0 Å². The van der Waals surface area contributed by atoms with E-state index in [1.54, 1.807) is 0 Å². The summed E-state index contributed by atoms with van der Waals surface area (Å²) < 4.78 is 4.95. The average molecular weight is 665 g/mol. The first-order chi connectivity index (χ1) is 25.3. The lowest BCUT2D eigenvalue weighted by Crippen LogP contribution is -2.26. The monoisotopic (exact) mass is 664 g/mol. The van der Waals surface area contributed by atoms with Crippen molar-refractivity contribution >= 4 is 53.4 Å². The molecule has 51 heavy (non-hydrogen) atoms. The van der Waals surface area contributed by atoms with Gasteiger partial charge in [0.2, 0.25) is 0 Å². The molecule has 12 rings (SSSR count). The van der Waals surface area contributed by atoms with E-state index < -0.39 is 5.41 Å². The van der Waals surface area contributed by atoms with Gasteiger partial charge in [-0.1, -0.05) is 109 Å². The van der Waals surface area contributed by atoms with E-state index in [9.17, 15) is 0 Å². The van der Waals surface area contributed by atoms with Gasteiger partial charge in [0.1, 0.15) is 0 Å². The summed E-state index contributed by atoms with van der Waals surface area (Å²) in [6.07, 6.45) is 1.90. The van der Waals surface area contributed by atoms with E-state index in [0.717, 1.165) is 5.52 Å². The fraction of sp³-hybridized carbons (Fsp3) is 0.0208. The van der Waals surface area contributed by atoms with Gasteiger partial charge in [0.05, 0.1) is 26.7 Å².